The van der Waals surface area contributed by atoms with Crippen molar-refractivity contribution in [2.75, 3.05) is 0 Å². The molecule has 1 N–H and O–H groups in total. The van der Waals surface area contributed by atoms with E-state index < -0.39 is 0 Å². The third-order valence-electron chi connectivity index (χ3n) is 4.76. The molecule has 0 unspecified atom stereocenters. The topological polar surface area (TPSA) is 23.9 Å². The predicted molar refractivity (Wildman–Crippen MR) is 95.3 cm³/mol. The summed E-state index contributed by atoms with van der Waals surface area (Å²) in [7, 11) is 0. The molecule has 22 heavy (non-hydrogen) atoms. The van der Waals surface area contributed by atoms with Gasteiger partial charge in [0.15, 0.2) is 0 Å². The van der Waals surface area contributed by atoms with Gasteiger partial charge in [-0.2, -0.15) is 0 Å². The van der Waals surface area contributed by atoms with Crippen molar-refractivity contribution in [1.82, 2.24) is 0 Å². The summed E-state index contributed by atoms with van der Waals surface area (Å²) in [5.41, 5.74) is 10.3. The molecule has 0 heterocycles. The van der Waals surface area contributed by atoms with E-state index in [0.29, 0.717) is 0 Å². The van der Waals surface area contributed by atoms with Gasteiger partial charge in [-0.05, 0) is 66.2 Å². The maximum Gasteiger partial charge on any atom is 0.0256 e. The lowest BCUT2D eigenvalue weighted by molar-refractivity contribution is 1.22. The Bertz CT molecular complexity index is 806. The molecule has 0 atom stereocenters. The summed E-state index contributed by atoms with van der Waals surface area (Å²) in [6.07, 6.45) is 2.47. The van der Waals surface area contributed by atoms with Crippen molar-refractivity contribution in [2.45, 2.75) is 27.2 Å². The van der Waals surface area contributed by atoms with Crippen LogP contribution in [-0.2, 0) is 0 Å². The molecule has 0 amide bonds. The molecule has 1 nitrogen and oxygen atoms in total. The van der Waals surface area contributed by atoms with E-state index in [-0.39, 0.29) is 0 Å². The lowest BCUT2D eigenvalue weighted by Gasteiger charge is -2.14. The lowest BCUT2D eigenvalue weighted by atomic mass is 9.90. The van der Waals surface area contributed by atoms with Crippen LogP contribution in [0.5, 0.6) is 0 Å². The van der Waals surface area contributed by atoms with Crippen LogP contribution in [0.25, 0.3) is 16.7 Å². The number of benzene rings is 2. The monoisotopic (exact) mass is 287 g/mol. The Morgan fingerprint density at radius 1 is 0.773 bits per heavy atom. The van der Waals surface area contributed by atoms with Gasteiger partial charge < -0.3 is 5.41 Å². The molecule has 0 saturated heterocycles. The smallest absolute Gasteiger partial charge is 0.0256 e. The second kappa shape index (κ2) is 5.76. The minimum absolute atomic E-state index is 0.965. The SMILES string of the molecule is CC1=C(C)C(C)=C(c2ccccc2-c2ccccc2C=N)C1. The van der Waals surface area contributed by atoms with E-state index in [9.17, 15) is 0 Å². The fourth-order valence-corrected chi connectivity index (χ4v) is 3.22. The number of nitrogens with one attached hydrogen (secondary N) is 1. The molecule has 0 saturated carbocycles. The van der Waals surface area contributed by atoms with Gasteiger partial charge in [0.2, 0.25) is 0 Å². The maximum atomic E-state index is 7.67. The van der Waals surface area contributed by atoms with Crippen LogP contribution >= 0.6 is 0 Å². The van der Waals surface area contributed by atoms with Crippen LogP contribution in [0.1, 0.15) is 38.3 Å². The van der Waals surface area contributed by atoms with Gasteiger partial charge in [0.1, 0.15) is 0 Å². The molecule has 110 valence electrons. The Balaban J connectivity index is 2.20. The first-order chi connectivity index (χ1) is 10.6. The minimum atomic E-state index is 0.965. The molecule has 1 aliphatic carbocycles. The van der Waals surface area contributed by atoms with E-state index in [4.69, 9.17) is 5.41 Å². The number of rotatable bonds is 3. The van der Waals surface area contributed by atoms with Crippen LogP contribution in [0.4, 0.5) is 0 Å². The Morgan fingerprint density at radius 3 is 1.95 bits per heavy atom. The molecule has 1 aliphatic rings. The lowest BCUT2D eigenvalue weighted by Crippen LogP contribution is -1.93. The molecular weight excluding hydrogens is 266 g/mol. The van der Waals surface area contributed by atoms with Gasteiger partial charge in [-0.25, -0.2) is 0 Å². The van der Waals surface area contributed by atoms with Gasteiger partial charge in [-0.3, -0.25) is 0 Å². The van der Waals surface area contributed by atoms with Crippen molar-refractivity contribution < 1.29 is 0 Å². The van der Waals surface area contributed by atoms with E-state index in [1.807, 2.05) is 18.2 Å². The zero-order valence-electron chi connectivity index (χ0n) is 13.4. The quantitative estimate of drug-likeness (QED) is 0.683. The Kier molecular flexibility index (Phi) is 3.81. The molecule has 2 aromatic carbocycles. The average molecular weight is 287 g/mol. The predicted octanol–water partition coefficient (Wildman–Crippen LogP) is 5.86. The largest absolute Gasteiger partial charge is 0.308 e. The first-order valence-corrected chi connectivity index (χ1v) is 7.69. The minimum Gasteiger partial charge on any atom is -0.308 e. The number of allylic oxidation sites excluding steroid dienone is 4. The molecule has 0 bridgehead atoms. The third kappa shape index (κ3) is 2.33. The Labute approximate surface area is 132 Å². The van der Waals surface area contributed by atoms with Crippen molar-refractivity contribution in [1.29, 1.82) is 5.41 Å². The van der Waals surface area contributed by atoms with E-state index in [2.05, 4.69) is 51.1 Å². The zero-order valence-corrected chi connectivity index (χ0v) is 13.4. The molecule has 1 heteroatoms. The first kappa shape index (κ1) is 14.5. The second-order valence-corrected chi connectivity index (χ2v) is 5.96. The molecule has 0 aliphatic heterocycles. The van der Waals surface area contributed by atoms with Crippen molar-refractivity contribution in [2.24, 2.45) is 0 Å². The summed E-state index contributed by atoms with van der Waals surface area (Å²) in [5.74, 6) is 0. The molecular formula is C21H21N. The summed E-state index contributed by atoms with van der Waals surface area (Å²) in [4.78, 5) is 0. The molecule has 2 aromatic rings. The summed E-state index contributed by atoms with van der Waals surface area (Å²) >= 11 is 0. The second-order valence-electron chi connectivity index (χ2n) is 5.96. The average Bonchev–Trinajstić information content (AvgIpc) is 2.82. The van der Waals surface area contributed by atoms with Gasteiger partial charge in [0, 0.05) is 6.21 Å². The van der Waals surface area contributed by atoms with Crippen LogP contribution < -0.4 is 0 Å². The van der Waals surface area contributed by atoms with Gasteiger partial charge in [-0.15, -0.1) is 0 Å². The fraction of sp³-hybridized carbons (Fsp3) is 0.190. The third-order valence-corrected chi connectivity index (χ3v) is 4.76. The normalized spacial score (nSPS) is 14.7. The van der Waals surface area contributed by atoms with Crippen molar-refractivity contribution in [3.8, 4) is 11.1 Å². The Morgan fingerprint density at radius 2 is 1.36 bits per heavy atom. The van der Waals surface area contributed by atoms with Crippen molar-refractivity contribution in [3.05, 3.63) is 76.4 Å². The van der Waals surface area contributed by atoms with E-state index in [1.165, 1.54) is 39.6 Å². The Hall–Kier alpha value is -2.41. The van der Waals surface area contributed by atoms with E-state index in [1.54, 1.807) is 0 Å². The summed E-state index contributed by atoms with van der Waals surface area (Å²) in [6.45, 7) is 6.66. The molecule has 0 fully saturated rings. The summed E-state index contributed by atoms with van der Waals surface area (Å²) in [5, 5.41) is 7.67. The van der Waals surface area contributed by atoms with Crippen molar-refractivity contribution >= 4 is 11.8 Å². The van der Waals surface area contributed by atoms with Crippen molar-refractivity contribution in [3.63, 3.8) is 0 Å². The maximum absolute atomic E-state index is 7.67. The zero-order chi connectivity index (χ0) is 15.7. The van der Waals surface area contributed by atoms with Gasteiger partial charge >= 0.3 is 0 Å². The fourth-order valence-electron chi connectivity index (χ4n) is 3.22. The molecule has 0 radical (unpaired) electrons. The first-order valence-electron chi connectivity index (χ1n) is 7.69. The molecule has 0 spiro atoms. The summed E-state index contributed by atoms with van der Waals surface area (Å²) in [6, 6.07) is 16.7. The highest BCUT2D eigenvalue weighted by atomic mass is 14.3. The van der Waals surface area contributed by atoms with Crippen LogP contribution in [0.3, 0.4) is 0 Å². The van der Waals surface area contributed by atoms with Crippen LogP contribution in [0.2, 0.25) is 0 Å². The highest BCUT2D eigenvalue weighted by Crippen LogP contribution is 2.41. The highest BCUT2D eigenvalue weighted by molar-refractivity contribution is 5.94. The summed E-state index contributed by atoms with van der Waals surface area (Å²) < 4.78 is 0. The van der Waals surface area contributed by atoms with Gasteiger partial charge in [0.25, 0.3) is 0 Å². The number of hydrogen-bond acceptors (Lipinski definition) is 1. The highest BCUT2D eigenvalue weighted by Gasteiger charge is 2.20. The standard InChI is InChI=1S/C21H21N/c1-14-12-21(16(3)15(14)2)20-11-7-6-10-19(20)18-9-5-4-8-17(18)13-22/h4-11,13,22H,12H2,1-3H3. The number of hydrogen-bond donors (Lipinski definition) is 1. The van der Waals surface area contributed by atoms with Gasteiger partial charge in [0.05, 0.1) is 0 Å². The van der Waals surface area contributed by atoms with E-state index in [0.717, 1.165) is 17.5 Å². The molecule has 0 aromatic heterocycles. The van der Waals surface area contributed by atoms with Gasteiger partial charge in [-0.1, -0.05) is 54.1 Å². The van der Waals surface area contributed by atoms with Crippen LogP contribution in [-0.4, -0.2) is 6.21 Å². The molecule has 3 rings (SSSR count). The van der Waals surface area contributed by atoms with Crippen LogP contribution in [0.15, 0.2) is 65.3 Å². The van der Waals surface area contributed by atoms with E-state index >= 15 is 0 Å². The van der Waals surface area contributed by atoms with Crippen LogP contribution in [0, 0.1) is 5.41 Å².